The highest BCUT2D eigenvalue weighted by Gasteiger charge is 2.13. The van der Waals surface area contributed by atoms with Gasteiger partial charge < -0.3 is 15.7 Å². The number of likely N-dealkylation sites (tertiary alicyclic amines) is 1. The molecule has 0 aliphatic carbocycles. The summed E-state index contributed by atoms with van der Waals surface area (Å²) in [6.45, 7) is 3.56. The van der Waals surface area contributed by atoms with Gasteiger partial charge in [0.05, 0.1) is 0 Å². The first-order valence-electron chi connectivity index (χ1n) is 4.41. The van der Waals surface area contributed by atoms with E-state index in [9.17, 15) is 0 Å². The maximum atomic E-state index is 8.61. The third-order valence-electron chi connectivity index (χ3n) is 2.19. The van der Waals surface area contributed by atoms with E-state index in [4.69, 9.17) is 10.8 Å². The Morgan fingerprint density at radius 3 is 2.55 bits per heavy atom. The Morgan fingerprint density at radius 1 is 1.36 bits per heavy atom. The van der Waals surface area contributed by atoms with Crippen LogP contribution < -0.4 is 5.73 Å². The van der Waals surface area contributed by atoms with E-state index in [-0.39, 0.29) is 12.6 Å². The molecule has 1 fully saturated rings. The molecule has 11 heavy (non-hydrogen) atoms. The monoisotopic (exact) mass is 158 g/mol. The van der Waals surface area contributed by atoms with Crippen LogP contribution in [0, 0.1) is 0 Å². The van der Waals surface area contributed by atoms with Gasteiger partial charge in [-0.1, -0.05) is 0 Å². The number of rotatable bonds is 4. The average molecular weight is 158 g/mol. The zero-order valence-electron chi connectivity index (χ0n) is 7.00. The predicted octanol–water partition coefficient (Wildman–Crippen LogP) is -0.208. The second kappa shape index (κ2) is 4.70. The Labute approximate surface area is 68.2 Å². The largest absolute Gasteiger partial charge is 0.396 e. The van der Waals surface area contributed by atoms with E-state index in [2.05, 4.69) is 4.90 Å². The van der Waals surface area contributed by atoms with Crippen molar-refractivity contribution in [3.8, 4) is 0 Å². The topological polar surface area (TPSA) is 49.5 Å². The van der Waals surface area contributed by atoms with E-state index in [1.165, 1.54) is 25.9 Å². The fourth-order valence-corrected chi connectivity index (χ4v) is 1.55. The summed E-state index contributed by atoms with van der Waals surface area (Å²) < 4.78 is 0. The zero-order valence-corrected chi connectivity index (χ0v) is 7.00. The molecule has 66 valence electrons. The summed E-state index contributed by atoms with van der Waals surface area (Å²) in [7, 11) is 0. The van der Waals surface area contributed by atoms with Gasteiger partial charge in [0.15, 0.2) is 0 Å². The van der Waals surface area contributed by atoms with Crippen LogP contribution in [-0.2, 0) is 0 Å². The average Bonchev–Trinajstić information content (AvgIpc) is 2.40. The SMILES string of the molecule is NC(CCO)CN1CCCC1. The number of hydrogen-bond acceptors (Lipinski definition) is 3. The lowest BCUT2D eigenvalue weighted by atomic mass is 10.2. The van der Waals surface area contributed by atoms with Crippen molar-refractivity contribution in [1.29, 1.82) is 0 Å². The van der Waals surface area contributed by atoms with Crippen molar-refractivity contribution in [2.45, 2.75) is 25.3 Å². The predicted molar refractivity (Wildman–Crippen MR) is 45.4 cm³/mol. The van der Waals surface area contributed by atoms with Crippen molar-refractivity contribution >= 4 is 0 Å². The van der Waals surface area contributed by atoms with Gasteiger partial charge in [-0.2, -0.15) is 0 Å². The first-order valence-corrected chi connectivity index (χ1v) is 4.41. The molecule has 0 aromatic rings. The lowest BCUT2D eigenvalue weighted by Crippen LogP contribution is -2.36. The molecule has 0 spiro atoms. The minimum atomic E-state index is 0.165. The molecule has 3 heteroatoms. The first kappa shape index (κ1) is 8.97. The molecule has 3 N–H and O–H groups in total. The number of hydrogen-bond donors (Lipinski definition) is 2. The summed E-state index contributed by atoms with van der Waals surface area (Å²) in [6, 6.07) is 0.165. The van der Waals surface area contributed by atoms with E-state index in [0.717, 1.165) is 13.0 Å². The van der Waals surface area contributed by atoms with Gasteiger partial charge in [-0.15, -0.1) is 0 Å². The molecule has 0 aromatic carbocycles. The van der Waals surface area contributed by atoms with Gasteiger partial charge in [0.25, 0.3) is 0 Å². The summed E-state index contributed by atoms with van der Waals surface area (Å²) in [5, 5.41) is 8.61. The molecule has 1 unspecified atom stereocenters. The Kier molecular flexibility index (Phi) is 3.83. The van der Waals surface area contributed by atoms with Crippen molar-refractivity contribution in [1.82, 2.24) is 4.90 Å². The van der Waals surface area contributed by atoms with Crippen LogP contribution in [0.3, 0.4) is 0 Å². The van der Waals surface area contributed by atoms with Crippen LogP contribution in [0.25, 0.3) is 0 Å². The van der Waals surface area contributed by atoms with Gasteiger partial charge in [-0.3, -0.25) is 0 Å². The summed E-state index contributed by atoms with van der Waals surface area (Å²) >= 11 is 0. The highest BCUT2D eigenvalue weighted by Crippen LogP contribution is 2.07. The molecule has 1 heterocycles. The van der Waals surface area contributed by atoms with E-state index in [1.807, 2.05) is 0 Å². The summed E-state index contributed by atoms with van der Waals surface area (Å²) in [4.78, 5) is 2.38. The third kappa shape index (κ3) is 3.18. The smallest absolute Gasteiger partial charge is 0.0446 e. The molecule has 0 amide bonds. The molecular weight excluding hydrogens is 140 g/mol. The fraction of sp³-hybridized carbons (Fsp3) is 1.00. The zero-order chi connectivity index (χ0) is 8.10. The third-order valence-corrected chi connectivity index (χ3v) is 2.19. The maximum absolute atomic E-state index is 8.61. The normalized spacial score (nSPS) is 22.4. The molecule has 0 saturated carbocycles. The maximum Gasteiger partial charge on any atom is 0.0446 e. The van der Waals surface area contributed by atoms with Crippen molar-refractivity contribution in [2.75, 3.05) is 26.2 Å². The van der Waals surface area contributed by atoms with Gasteiger partial charge in [-0.05, 0) is 32.4 Å². The molecule has 1 saturated heterocycles. The molecule has 0 bridgehead atoms. The van der Waals surface area contributed by atoms with Crippen molar-refractivity contribution in [3.63, 3.8) is 0 Å². The van der Waals surface area contributed by atoms with Crippen LogP contribution in [0.2, 0.25) is 0 Å². The molecule has 1 rings (SSSR count). The molecular formula is C8H18N2O. The minimum Gasteiger partial charge on any atom is -0.396 e. The van der Waals surface area contributed by atoms with Gasteiger partial charge >= 0.3 is 0 Å². The van der Waals surface area contributed by atoms with Crippen molar-refractivity contribution < 1.29 is 5.11 Å². The molecule has 1 atom stereocenters. The molecule has 3 nitrogen and oxygen atoms in total. The number of nitrogens with two attached hydrogens (primary N) is 1. The number of nitrogens with zero attached hydrogens (tertiary/aromatic N) is 1. The highest BCUT2D eigenvalue weighted by molar-refractivity contribution is 4.72. The van der Waals surface area contributed by atoms with Gasteiger partial charge in [0, 0.05) is 19.2 Å². The van der Waals surface area contributed by atoms with Crippen LogP contribution in [-0.4, -0.2) is 42.3 Å². The minimum absolute atomic E-state index is 0.165. The van der Waals surface area contributed by atoms with Gasteiger partial charge in [0.1, 0.15) is 0 Å². The van der Waals surface area contributed by atoms with E-state index in [0.29, 0.717) is 0 Å². The fourth-order valence-electron chi connectivity index (χ4n) is 1.55. The Balaban J connectivity index is 2.08. The van der Waals surface area contributed by atoms with E-state index in [1.54, 1.807) is 0 Å². The van der Waals surface area contributed by atoms with Crippen LogP contribution >= 0.6 is 0 Å². The van der Waals surface area contributed by atoms with Crippen LogP contribution in [0.5, 0.6) is 0 Å². The van der Waals surface area contributed by atoms with Crippen molar-refractivity contribution in [2.24, 2.45) is 5.73 Å². The Morgan fingerprint density at radius 2 is 2.00 bits per heavy atom. The lowest BCUT2D eigenvalue weighted by Gasteiger charge is -2.18. The summed E-state index contributed by atoms with van der Waals surface area (Å²) in [6.07, 6.45) is 3.36. The van der Waals surface area contributed by atoms with Crippen LogP contribution in [0.15, 0.2) is 0 Å². The van der Waals surface area contributed by atoms with Gasteiger partial charge in [0.2, 0.25) is 0 Å². The quantitative estimate of drug-likeness (QED) is 0.595. The molecule has 0 aromatic heterocycles. The van der Waals surface area contributed by atoms with E-state index < -0.39 is 0 Å². The van der Waals surface area contributed by atoms with Crippen molar-refractivity contribution in [3.05, 3.63) is 0 Å². The van der Waals surface area contributed by atoms with Crippen LogP contribution in [0.4, 0.5) is 0 Å². The standard InChI is InChI=1S/C8H18N2O/c9-8(3-6-11)7-10-4-1-2-5-10/h8,11H,1-7,9H2. The molecule has 0 radical (unpaired) electrons. The first-order chi connectivity index (χ1) is 5.33. The molecule has 1 aliphatic heterocycles. The summed E-state index contributed by atoms with van der Waals surface area (Å²) in [5.41, 5.74) is 5.76. The Hall–Kier alpha value is -0.120. The van der Waals surface area contributed by atoms with Gasteiger partial charge in [-0.25, -0.2) is 0 Å². The second-order valence-corrected chi connectivity index (χ2v) is 3.28. The second-order valence-electron chi connectivity index (χ2n) is 3.28. The Bertz CT molecular complexity index is 102. The summed E-state index contributed by atoms with van der Waals surface area (Å²) in [5.74, 6) is 0. The number of aliphatic hydroxyl groups excluding tert-OH is 1. The van der Waals surface area contributed by atoms with Crippen LogP contribution in [0.1, 0.15) is 19.3 Å². The lowest BCUT2D eigenvalue weighted by molar-refractivity contribution is 0.247. The van der Waals surface area contributed by atoms with E-state index >= 15 is 0 Å². The number of aliphatic hydroxyl groups is 1. The molecule has 1 aliphatic rings. The highest BCUT2D eigenvalue weighted by atomic mass is 16.3.